The average Bonchev–Trinajstić information content (AvgIpc) is 3.26. The Labute approximate surface area is 157 Å². The Kier molecular flexibility index (Phi) is 5.49. The van der Waals surface area contributed by atoms with Crippen LogP contribution in [0.2, 0.25) is 0 Å². The molecule has 0 aliphatic rings. The molecule has 27 heavy (non-hydrogen) atoms. The Balaban J connectivity index is 1.53. The lowest BCUT2D eigenvalue weighted by Crippen LogP contribution is -2.39. The number of hydrogen-bond acceptors (Lipinski definition) is 6. The zero-order chi connectivity index (χ0) is 19.4. The van der Waals surface area contributed by atoms with Crippen LogP contribution in [0.1, 0.15) is 30.2 Å². The summed E-state index contributed by atoms with van der Waals surface area (Å²) in [5.74, 6) is 0.838. The molecule has 0 radical (unpaired) electrons. The molecule has 3 aromatic heterocycles. The van der Waals surface area contributed by atoms with Gasteiger partial charge in [0.15, 0.2) is 0 Å². The van der Waals surface area contributed by atoms with Crippen molar-refractivity contribution in [1.29, 1.82) is 0 Å². The Morgan fingerprint density at radius 2 is 2.07 bits per heavy atom. The van der Waals surface area contributed by atoms with Gasteiger partial charge in [-0.25, -0.2) is 4.79 Å². The highest BCUT2D eigenvalue weighted by Crippen LogP contribution is 2.15. The number of rotatable bonds is 6. The van der Waals surface area contributed by atoms with Gasteiger partial charge in [-0.05, 0) is 39.0 Å². The van der Waals surface area contributed by atoms with Gasteiger partial charge in [-0.1, -0.05) is 5.16 Å². The van der Waals surface area contributed by atoms with E-state index in [2.05, 4.69) is 25.5 Å². The summed E-state index contributed by atoms with van der Waals surface area (Å²) >= 11 is 0. The highest BCUT2D eigenvalue weighted by atomic mass is 16.5. The Morgan fingerprint density at radius 1 is 1.33 bits per heavy atom. The summed E-state index contributed by atoms with van der Waals surface area (Å²) in [6, 6.07) is 5.45. The molecule has 3 rings (SSSR count). The fraction of sp³-hybridized carbons (Fsp3) is 0.389. The molecule has 142 valence electrons. The maximum atomic E-state index is 12.3. The number of nitrogens with zero attached hydrogens (tertiary/aromatic N) is 6. The third-order valence-corrected chi connectivity index (χ3v) is 4.14. The SMILES string of the molecule is Cc1cc(C)n([C@H](C)CNC(=O)N(C)Cc2nc(-c3ccncc3)no2)n1. The topological polar surface area (TPSA) is 102 Å². The predicted molar refractivity (Wildman–Crippen MR) is 98.8 cm³/mol. The van der Waals surface area contributed by atoms with E-state index in [0.29, 0.717) is 18.3 Å². The van der Waals surface area contributed by atoms with Gasteiger partial charge in [-0.3, -0.25) is 9.67 Å². The van der Waals surface area contributed by atoms with E-state index in [0.717, 1.165) is 17.0 Å². The molecule has 0 unspecified atom stereocenters. The number of carbonyl (C=O) groups excluding carboxylic acids is 1. The molecule has 0 bridgehead atoms. The van der Waals surface area contributed by atoms with E-state index in [1.165, 1.54) is 4.90 Å². The maximum absolute atomic E-state index is 12.3. The van der Waals surface area contributed by atoms with Gasteiger partial charge in [0.25, 0.3) is 0 Å². The molecule has 0 aromatic carbocycles. The summed E-state index contributed by atoms with van der Waals surface area (Å²) in [6.07, 6.45) is 3.32. The molecule has 0 saturated carbocycles. The van der Waals surface area contributed by atoms with Crippen LogP contribution in [0.5, 0.6) is 0 Å². The molecule has 0 aliphatic carbocycles. The largest absolute Gasteiger partial charge is 0.337 e. The van der Waals surface area contributed by atoms with Gasteiger partial charge in [0.05, 0.1) is 11.7 Å². The van der Waals surface area contributed by atoms with Crippen molar-refractivity contribution in [2.45, 2.75) is 33.4 Å². The number of urea groups is 1. The third-order valence-electron chi connectivity index (χ3n) is 4.14. The molecule has 9 heteroatoms. The Bertz CT molecular complexity index is 904. The average molecular weight is 369 g/mol. The number of carbonyl (C=O) groups is 1. The van der Waals surface area contributed by atoms with Crippen LogP contribution in [0.15, 0.2) is 35.1 Å². The van der Waals surface area contributed by atoms with Crippen LogP contribution in [0.4, 0.5) is 4.79 Å². The van der Waals surface area contributed by atoms with E-state index >= 15 is 0 Å². The zero-order valence-electron chi connectivity index (χ0n) is 15.9. The highest BCUT2D eigenvalue weighted by molar-refractivity contribution is 5.73. The number of nitrogens with one attached hydrogen (secondary N) is 1. The van der Waals surface area contributed by atoms with Gasteiger partial charge < -0.3 is 14.7 Å². The molecular weight excluding hydrogens is 346 g/mol. The van der Waals surface area contributed by atoms with Crippen LogP contribution in [0.25, 0.3) is 11.4 Å². The zero-order valence-corrected chi connectivity index (χ0v) is 15.9. The number of pyridine rings is 1. The standard InChI is InChI=1S/C18H23N7O2/c1-12-9-13(2)25(22-12)14(3)10-20-18(26)24(4)11-16-21-17(23-27-16)15-5-7-19-8-6-15/h5-9,14H,10-11H2,1-4H3,(H,20,26)/t14-/m1/s1. The fourth-order valence-corrected chi connectivity index (χ4v) is 2.76. The summed E-state index contributed by atoms with van der Waals surface area (Å²) in [5.41, 5.74) is 2.84. The molecule has 2 amide bonds. The van der Waals surface area contributed by atoms with Crippen molar-refractivity contribution in [3.05, 3.63) is 47.9 Å². The van der Waals surface area contributed by atoms with Gasteiger partial charge in [0.1, 0.15) is 6.54 Å². The molecule has 0 aliphatic heterocycles. The van der Waals surface area contributed by atoms with Crippen LogP contribution in [-0.4, -0.2) is 49.4 Å². The lowest BCUT2D eigenvalue weighted by molar-refractivity contribution is 0.197. The molecule has 1 atom stereocenters. The van der Waals surface area contributed by atoms with E-state index in [-0.39, 0.29) is 18.6 Å². The predicted octanol–water partition coefficient (Wildman–Crippen LogP) is 2.35. The second-order valence-corrected chi connectivity index (χ2v) is 6.51. The van der Waals surface area contributed by atoms with Gasteiger partial charge in [0.2, 0.25) is 11.7 Å². The molecule has 0 spiro atoms. The van der Waals surface area contributed by atoms with Crippen molar-refractivity contribution in [2.24, 2.45) is 0 Å². The number of hydrogen-bond donors (Lipinski definition) is 1. The second-order valence-electron chi connectivity index (χ2n) is 6.51. The first-order valence-electron chi connectivity index (χ1n) is 8.68. The van der Waals surface area contributed by atoms with Crippen molar-refractivity contribution >= 4 is 6.03 Å². The van der Waals surface area contributed by atoms with Crippen LogP contribution >= 0.6 is 0 Å². The molecule has 0 saturated heterocycles. The number of aromatic nitrogens is 5. The van der Waals surface area contributed by atoms with Crippen molar-refractivity contribution < 1.29 is 9.32 Å². The first kappa shape index (κ1) is 18.6. The lowest BCUT2D eigenvalue weighted by atomic mass is 10.2. The monoisotopic (exact) mass is 369 g/mol. The molecule has 1 N–H and O–H groups in total. The third kappa shape index (κ3) is 4.49. The van der Waals surface area contributed by atoms with Crippen molar-refractivity contribution in [2.75, 3.05) is 13.6 Å². The number of aryl methyl sites for hydroxylation is 2. The molecular formula is C18H23N7O2. The Morgan fingerprint density at radius 3 is 2.74 bits per heavy atom. The Hall–Kier alpha value is -3.23. The van der Waals surface area contributed by atoms with Crippen molar-refractivity contribution in [3.63, 3.8) is 0 Å². The smallest absolute Gasteiger partial charge is 0.317 e. The summed E-state index contributed by atoms with van der Waals surface area (Å²) in [7, 11) is 1.68. The molecule has 9 nitrogen and oxygen atoms in total. The van der Waals surface area contributed by atoms with Gasteiger partial charge >= 0.3 is 6.03 Å². The van der Waals surface area contributed by atoms with Crippen LogP contribution in [-0.2, 0) is 6.54 Å². The van der Waals surface area contributed by atoms with E-state index < -0.39 is 0 Å². The van der Waals surface area contributed by atoms with Gasteiger partial charge in [-0.15, -0.1) is 0 Å². The fourth-order valence-electron chi connectivity index (χ4n) is 2.76. The first-order chi connectivity index (χ1) is 12.9. The van der Waals surface area contributed by atoms with E-state index in [1.54, 1.807) is 31.6 Å². The van der Waals surface area contributed by atoms with Crippen molar-refractivity contribution in [3.8, 4) is 11.4 Å². The van der Waals surface area contributed by atoms with Gasteiger partial charge in [0, 0.05) is 37.2 Å². The summed E-state index contributed by atoms with van der Waals surface area (Å²) in [5, 5.41) is 11.3. The normalized spacial score (nSPS) is 12.0. The second kappa shape index (κ2) is 7.98. The maximum Gasteiger partial charge on any atom is 0.317 e. The molecule has 3 heterocycles. The number of amides is 2. The minimum absolute atomic E-state index is 0.0535. The summed E-state index contributed by atoms with van der Waals surface area (Å²) in [6.45, 7) is 6.65. The molecule has 0 fully saturated rings. The van der Waals surface area contributed by atoms with Crippen molar-refractivity contribution in [1.82, 2.24) is 35.1 Å². The lowest BCUT2D eigenvalue weighted by Gasteiger charge is -2.19. The van der Waals surface area contributed by atoms with Crippen LogP contribution in [0.3, 0.4) is 0 Å². The first-order valence-corrected chi connectivity index (χ1v) is 8.68. The minimum atomic E-state index is -0.216. The highest BCUT2D eigenvalue weighted by Gasteiger charge is 2.16. The van der Waals surface area contributed by atoms with Crippen LogP contribution in [0, 0.1) is 13.8 Å². The van der Waals surface area contributed by atoms with E-state index in [9.17, 15) is 4.79 Å². The summed E-state index contributed by atoms with van der Waals surface area (Å²) < 4.78 is 7.15. The quantitative estimate of drug-likeness (QED) is 0.715. The molecule has 3 aromatic rings. The van der Waals surface area contributed by atoms with Gasteiger partial charge in [-0.2, -0.15) is 10.1 Å². The van der Waals surface area contributed by atoms with E-state index in [4.69, 9.17) is 4.52 Å². The minimum Gasteiger partial charge on any atom is -0.337 e. The summed E-state index contributed by atoms with van der Waals surface area (Å²) in [4.78, 5) is 22.1. The van der Waals surface area contributed by atoms with Crippen LogP contribution < -0.4 is 5.32 Å². The van der Waals surface area contributed by atoms with E-state index in [1.807, 2.05) is 31.5 Å².